The Morgan fingerprint density at radius 3 is 2.82 bits per heavy atom. The molecule has 0 saturated carbocycles. The van der Waals surface area contributed by atoms with Crippen molar-refractivity contribution in [3.05, 3.63) is 53.6 Å². The molecule has 0 saturated heterocycles. The molecule has 0 atom stereocenters. The van der Waals surface area contributed by atoms with Gasteiger partial charge in [0.1, 0.15) is 5.75 Å². The van der Waals surface area contributed by atoms with Gasteiger partial charge in [-0.1, -0.05) is 24.3 Å². The van der Waals surface area contributed by atoms with Crippen molar-refractivity contribution in [2.75, 3.05) is 23.4 Å². The molecule has 0 bridgehead atoms. The molecule has 1 heterocycles. The second-order valence-corrected chi connectivity index (χ2v) is 5.39. The Bertz CT molecular complexity index is 697. The molecule has 4 heteroatoms. The summed E-state index contributed by atoms with van der Waals surface area (Å²) in [7, 11) is 0. The van der Waals surface area contributed by atoms with Gasteiger partial charge in [-0.25, -0.2) is 0 Å². The largest absolute Gasteiger partial charge is 0.481 e. The van der Waals surface area contributed by atoms with E-state index in [9.17, 15) is 4.79 Å². The van der Waals surface area contributed by atoms with Crippen molar-refractivity contribution < 1.29 is 9.53 Å². The van der Waals surface area contributed by atoms with Crippen LogP contribution in [0.2, 0.25) is 0 Å². The van der Waals surface area contributed by atoms with Crippen LogP contribution in [-0.2, 0) is 11.3 Å². The van der Waals surface area contributed by atoms with Crippen LogP contribution < -0.4 is 15.0 Å². The summed E-state index contributed by atoms with van der Waals surface area (Å²) in [6.45, 7) is 5.62. The number of likely N-dealkylation sites (N-methyl/N-ethyl adjacent to an activating group) is 1. The summed E-state index contributed by atoms with van der Waals surface area (Å²) in [6.07, 6.45) is 0. The summed E-state index contributed by atoms with van der Waals surface area (Å²) in [5, 5.41) is 3.41. The number of aryl methyl sites for hydroxylation is 1. The van der Waals surface area contributed by atoms with Crippen LogP contribution in [0.5, 0.6) is 5.75 Å². The van der Waals surface area contributed by atoms with E-state index in [0.717, 1.165) is 23.7 Å². The summed E-state index contributed by atoms with van der Waals surface area (Å²) < 4.78 is 5.55. The molecule has 1 aliphatic rings. The first-order valence-electron chi connectivity index (χ1n) is 7.54. The first-order chi connectivity index (χ1) is 10.7. The van der Waals surface area contributed by atoms with Crippen molar-refractivity contribution in [1.29, 1.82) is 0 Å². The number of carbonyl (C=O) groups is 1. The molecule has 22 heavy (non-hydrogen) atoms. The average molecular weight is 296 g/mol. The van der Waals surface area contributed by atoms with Gasteiger partial charge in [-0.05, 0) is 37.1 Å². The smallest absolute Gasteiger partial charge is 0.265 e. The Morgan fingerprint density at radius 2 is 2.05 bits per heavy atom. The zero-order valence-electron chi connectivity index (χ0n) is 12.9. The molecule has 0 radical (unpaired) electrons. The Hall–Kier alpha value is -2.49. The summed E-state index contributed by atoms with van der Waals surface area (Å²) in [6, 6.07) is 14.2. The standard InChI is InChI=1S/C18H20N2O2/c1-3-20-16-9-8-15(10-17(16)22-12-18(20)21)19-11-14-7-5-4-6-13(14)2/h4-10,19H,3,11-12H2,1-2H3. The first-order valence-corrected chi connectivity index (χ1v) is 7.54. The maximum atomic E-state index is 11.8. The lowest BCUT2D eigenvalue weighted by Gasteiger charge is -2.28. The van der Waals surface area contributed by atoms with Gasteiger partial charge in [0.15, 0.2) is 6.61 Å². The maximum absolute atomic E-state index is 11.8. The molecule has 1 amide bonds. The van der Waals surface area contributed by atoms with E-state index in [0.29, 0.717) is 6.54 Å². The van der Waals surface area contributed by atoms with Crippen LogP contribution >= 0.6 is 0 Å². The lowest BCUT2D eigenvalue weighted by molar-refractivity contribution is -0.121. The topological polar surface area (TPSA) is 41.6 Å². The van der Waals surface area contributed by atoms with E-state index >= 15 is 0 Å². The predicted molar refractivity (Wildman–Crippen MR) is 88.5 cm³/mol. The fourth-order valence-electron chi connectivity index (χ4n) is 2.67. The molecule has 2 aromatic rings. The number of ether oxygens (including phenoxy) is 1. The van der Waals surface area contributed by atoms with E-state index in [-0.39, 0.29) is 12.5 Å². The van der Waals surface area contributed by atoms with E-state index in [1.165, 1.54) is 11.1 Å². The minimum atomic E-state index is 0.00983. The zero-order chi connectivity index (χ0) is 15.5. The molecule has 114 valence electrons. The predicted octanol–water partition coefficient (Wildman–Crippen LogP) is 3.35. The van der Waals surface area contributed by atoms with Crippen LogP contribution in [0.15, 0.2) is 42.5 Å². The molecule has 2 aromatic carbocycles. The summed E-state index contributed by atoms with van der Waals surface area (Å²) >= 11 is 0. The van der Waals surface area contributed by atoms with Gasteiger partial charge < -0.3 is 15.0 Å². The molecular formula is C18H20N2O2. The van der Waals surface area contributed by atoms with Gasteiger partial charge in [-0.2, -0.15) is 0 Å². The number of amides is 1. The van der Waals surface area contributed by atoms with Gasteiger partial charge in [0.05, 0.1) is 5.69 Å². The minimum absolute atomic E-state index is 0.00983. The molecule has 4 nitrogen and oxygen atoms in total. The summed E-state index contributed by atoms with van der Waals surface area (Å²) in [5.41, 5.74) is 4.38. The quantitative estimate of drug-likeness (QED) is 0.940. The van der Waals surface area contributed by atoms with E-state index < -0.39 is 0 Å². The SMILES string of the molecule is CCN1C(=O)COc2cc(NCc3ccccc3C)ccc21. The van der Waals surface area contributed by atoms with Crippen molar-refractivity contribution in [3.63, 3.8) is 0 Å². The average Bonchev–Trinajstić information content (AvgIpc) is 2.54. The van der Waals surface area contributed by atoms with Gasteiger partial charge in [-0.15, -0.1) is 0 Å². The third-order valence-electron chi connectivity index (χ3n) is 3.96. The van der Waals surface area contributed by atoms with Crippen LogP contribution in [0.1, 0.15) is 18.1 Å². The third kappa shape index (κ3) is 2.77. The number of anilines is 2. The number of nitrogens with one attached hydrogen (secondary N) is 1. The molecule has 3 rings (SSSR count). The summed E-state index contributed by atoms with van der Waals surface area (Å²) in [4.78, 5) is 13.6. The second kappa shape index (κ2) is 6.10. The van der Waals surface area contributed by atoms with Gasteiger partial charge in [-0.3, -0.25) is 4.79 Å². The second-order valence-electron chi connectivity index (χ2n) is 5.39. The maximum Gasteiger partial charge on any atom is 0.265 e. The molecule has 0 spiro atoms. The van der Waals surface area contributed by atoms with Crippen molar-refractivity contribution in [1.82, 2.24) is 0 Å². The van der Waals surface area contributed by atoms with Crippen LogP contribution in [0.3, 0.4) is 0 Å². The number of rotatable bonds is 4. The lowest BCUT2D eigenvalue weighted by atomic mass is 10.1. The third-order valence-corrected chi connectivity index (χ3v) is 3.96. The van der Waals surface area contributed by atoms with Crippen molar-refractivity contribution >= 4 is 17.3 Å². The molecule has 0 aliphatic carbocycles. The highest BCUT2D eigenvalue weighted by Crippen LogP contribution is 2.34. The fourth-order valence-corrected chi connectivity index (χ4v) is 2.67. The molecule has 1 N–H and O–H groups in total. The fraction of sp³-hybridized carbons (Fsp3) is 0.278. The lowest BCUT2D eigenvalue weighted by Crippen LogP contribution is -2.38. The summed E-state index contributed by atoms with van der Waals surface area (Å²) in [5.74, 6) is 0.770. The number of hydrogen-bond acceptors (Lipinski definition) is 3. The highest BCUT2D eigenvalue weighted by molar-refractivity contribution is 5.98. The van der Waals surface area contributed by atoms with Gasteiger partial charge >= 0.3 is 0 Å². The Kier molecular flexibility index (Phi) is 4.00. The first kappa shape index (κ1) is 14.4. The number of nitrogens with zero attached hydrogens (tertiary/aromatic N) is 1. The Labute approximate surface area is 130 Å². The zero-order valence-corrected chi connectivity index (χ0v) is 12.9. The van der Waals surface area contributed by atoms with Gasteiger partial charge in [0.2, 0.25) is 0 Å². The number of carbonyl (C=O) groups excluding carboxylic acids is 1. The Morgan fingerprint density at radius 1 is 1.23 bits per heavy atom. The van der Waals surface area contributed by atoms with Crippen LogP contribution in [0.4, 0.5) is 11.4 Å². The van der Waals surface area contributed by atoms with Crippen molar-refractivity contribution in [2.45, 2.75) is 20.4 Å². The van der Waals surface area contributed by atoms with E-state index in [1.807, 2.05) is 37.3 Å². The minimum Gasteiger partial charge on any atom is -0.481 e. The van der Waals surface area contributed by atoms with Crippen LogP contribution in [0.25, 0.3) is 0 Å². The molecule has 0 unspecified atom stereocenters. The highest BCUT2D eigenvalue weighted by Gasteiger charge is 2.24. The van der Waals surface area contributed by atoms with Crippen molar-refractivity contribution in [2.24, 2.45) is 0 Å². The van der Waals surface area contributed by atoms with E-state index in [1.54, 1.807) is 4.90 Å². The molecular weight excluding hydrogens is 276 g/mol. The van der Waals surface area contributed by atoms with Gasteiger partial charge in [0.25, 0.3) is 5.91 Å². The number of benzene rings is 2. The van der Waals surface area contributed by atoms with Gasteiger partial charge in [0, 0.05) is 24.8 Å². The number of fused-ring (bicyclic) bond motifs is 1. The van der Waals surface area contributed by atoms with E-state index in [4.69, 9.17) is 4.74 Å². The molecule has 0 aromatic heterocycles. The highest BCUT2D eigenvalue weighted by atomic mass is 16.5. The molecule has 1 aliphatic heterocycles. The van der Waals surface area contributed by atoms with E-state index in [2.05, 4.69) is 24.4 Å². The monoisotopic (exact) mass is 296 g/mol. The molecule has 0 fully saturated rings. The normalized spacial score (nSPS) is 13.5. The van der Waals surface area contributed by atoms with Crippen LogP contribution in [-0.4, -0.2) is 19.1 Å². The Balaban J connectivity index is 1.77. The number of hydrogen-bond donors (Lipinski definition) is 1. The van der Waals surface area contributed by atoms with Crippen LogP contribution in [0, 0.1) is 6.92 Å². The van der Waals surface area contributed by atoms with Crippen molar-refractivity contribution in [3.8, 4) is 5.75 Å².